The van der Waals surface area contributed by atoms with Crippen molar-refractivity contribution in [1.29, 1.82) is 0 Å². The maximum absolute atomic E-state index is 13.9. The number of anilines is 1. The molecular weight excluding hydrogens is 333 g/mol. The molecule has 0 saturated heterocycles. The number of carbonyl (C=O) groups is 1. The zero-order valence-electron chi connectivity index (χ0n) is 13.6. The van der Waals surface area contributed by atoms with Crippen molar-refractivity contribution in [3.63, 3.8) is 0 Å². The number of nitrogens with zero attached hydrogens (tertiary/aromatic N) is 1. The van der Waals surface area contributed by atoms with E-state index in [1.54, 1.807) is 4.57 Å². The van der Waals surface area contributed by atoms with Gasteiger partial charge in [0.05, 0.1) is 10.6 Å². The lowest BCUT2D eigenvalue weighted by atomic mass is 10.2. The van der Waals surface area contributed by atoms with Crippen molar-refractivity contribution in [3.05, 3.63) is 53.1 Å². The van der Waals surface area contributed by atoms with E-state index in [0.29, 0.717) is 0 Å². The molecule has 2 aromatic rings. The van der Waals surface area contributed by atoms with Gasteiger partial charge >= 0.3 is 0 Å². The van der Waals surface area contributed by atoms with Gasteiger partial charge in [0.25, 0.3) is 5.91 Å². The maximum atomic E-state index is 13.9. The van der Waals surface area contributed by atoms with Gasteiger partial charge in [-0.1, -0.05) is 0 Å². The van der Waals surface area contributed by atoms with Crippen molar-refractivity contribution in [3.8, 4) is 0 Å². The molecule has 2 rings (SSSR count). The standard InChI is InChI=1S/C16H18FN3O3S/c1-10-6-11(2)20(12(3)7-10)9-16(21)19-15-5-4-13(8-14(15)17)24(18,22)23/h4-8H,9H2,1-3H3,(H2-,18,19,21,22,23)/p+1. The number of nitrogens with one attached hydrogen (secondary N) is 1. The first-order valence-electron chi connectivity index (χ1n) is 7.18. The summed E-state index contributed by atoms with van der Waals surface area (Å²) in [4.78, 5) is 11.8. The molecule has 0 aliphatic carbocycles. The summed E-state index contributed by atoms with van der Waals surface area (Å²) in [5.41, 5.74) is 2.81. The largest absolute Gasteiger partial charge is 0.318 e. The molecule has 0 unspecified atom stereocenters. The van der Waals surface area contributed by atoms with Crippen LogP contribution in [0.3, 0.4) is 0 Å². The Bertz CT molecular complexity index is 888. The summed E-state index contributed by atoms with van der Waals surface area (Å²) in [7, 11) is -3.99. The number of rotatable bonds is 4. The molecule has 8 heteroatoms. The van der Waals surface area contributed by atoms with Gasteiger partial charge in [-0.2, -0.15) is 4.57 Å². The van der Waals surface area contributed by atoms with E-state index in [4.69, 9.17) is 5.14 Å². The van der Waals surface area contributed by atoms with Crippen molar-refractivity contribution < 1.29 is 22.2 Å². The first-order chi connectivity index (χ1) is 11.1. The lowest BCUT2D eigenvalue weighted by Crippen LogP contribution is -2.45. The number of hydrogen-bond acceptors (Lipinski definition) is 3. The third-order valence-electron chi connectivity index (χ3n) is 3.57. The molecule has 0 radical (unpaired) electrons. The summed E-state index contributed by atoms with van der Waals surface area (Å²) < 4.78 is 38.1. The van der Waals surface area contributed by atoms with Gasteiger partial charge in [-0.25, -0.2) is 17.9 Å². The monoisotopic (exact) mass is 352 g/mol. The zero-order valence-corrected chi connectivity index (χ0v) is 14.4. The Morgan fingerprint density at radius 2 is 1.75 bits per heavy atom. The lowest BCUT2D eigenvalue weighted by molar-refractivity contribution is -0.696. The van der Waals surface area contributed by atoms with Crippen LogP contribution in [0.25, 0.3) is 0 Å². The molecule has 0 fully saturated rings. The number of carbonyl (C=O) groups excluding carboxylic acids is 1. The Hall–Kier alpha value is -2.32. The van der Waals surface area contributed by atoms with Crippen molar-refractivity contribution in [2.24, 2.45) is 5.14 Å². The predicted octanol–water partition coefficient (Wildman–Crippen LogP) is 1.32. The van der Waals surface area contributed by atoms with Crippen LogP contribution in [-0.4, -0.2) is 14.3 Å². The van der Waals surface area contributed by atoms with Gasteiger partial charge in [-0.3, -0.25) is 4.79 Å². The zero-order chi connectivity index (χ0) is 18.1. The summed E-state index contributed by atoms with van der Waals surface area (Å²) in [6.07, 6.45) is 0. The number of primary sulfonamides is 1. The molecule has 6 nitrogen and oxygen atoms in total. The van der Waals surface area contributed by atoms with Gasteiger partial charge < -0.3 is 5.32 Å². The van der Waals surface area contributed by atoms with Crippen LogP contribution in [-0.2, 0) is 21.4 Å². The number of benzene rings is 1. The molecule has 0 spiro atoms. The number of nitrogens with two attached hydrogens (primary N) is 1. The van der Waals surface area contributed by atoms with E-state index in [1.807, 2.05) is 32.9 Å². The number of hydrogen-bond donors (Lipinski definition) is 2. The van der Waals surface area contributed by atoms with Crippen LogP contribution in [0.4, 0.5) is 10.1 Å². The Morgan fingerprint density at radius 1 is 1.17 bits per heavy atom. The smallest absolute Gasteiger partial charge is 0.290 e. The van der Waals surface area contributed by atoms with Crippen molar-refractivity contribution in [2.45, 2.75) is 32.2 Å². The third kappa shape index (κ3) is 4.15. The normalized spacial score (nSPS) is 11.4. The van der Waals surface area contributed by atoms with E-state index in [-0.39, 0.29) is 17.1 Å². The maximum Gasteiger partial charge on any atom is 0.290 e. The highest BCUT2D eigenvalue weighted by Crippen LogP contribution is 2.18. The number of sulfonamides is 1. The van der Waals surface area contributed by atoms with Crippen molar-refractivity contribution >= 4 is 21.6 Å². The lowest BCUT2D eigenvalue weighted by Gasteiger charge is -2.08. The molecule has 128 valence electrons. The molecule has 1 aromatic carbocycles. The predicted molar refractivity (Wildman–Crippen MR) is 87.3 cm³/mol. The van der Waals surface area contributed by atoms with Gasteiger partial charge in [0, 0.05) is 26.0 Å². The van der Waals surface area contributed by atoms with E-state index < -0.39 is 21.7 Å². The molecule has 1 aromatic heterocycles. The van der Waals surface area contributed by atoms with Crippen LogP contribution in [0.5, 0.6) is 0 Å². The molecule has 24 heavy (non-hydrogen) atoms. The first kappa shape index (κ1) is 18.0. The van der Waals surface area contributed by atoms with Gasteiger partial charge in [0.1, 0.15) is 5.82 Å². The minimum atomic E-state index is -3.99. The SMILES string of the molecule is Cc1cc(C)[n+](CC(=O)Nc2ccc(S(N)(=O)=O)cc2F)c(C)c1. The Balaban J connectivity index is 2.19. The summed E-state index contributed by atoms with van der Waals surface area (Å²) in [6, 6.07) is 6.99. The van der Waals surface area contributed by atoms with Crippen molar-refractivity contribution in [2.75, 3.05) is 5.32 Å². The fourth-order valence-electron chi connectivity index (χ4n) is 2.49. The molecule has 0 saturated carbocycles. The van der Waals surface area contributed by atoms with Crippen LogP contribution in [0.15, 0.2) is 35.2 Å². The van der Waals surface area contributed by atoms with Crippen LogP contribution >= 0.6 is 0 Å². The van der Waals surface area contributed by atoms with E-state index in [0.717, 1.165) is 29.1 Å². The Morgan fingerprint density at radius 3 is 2.25 bits per heavy atom. The Labute approximate surface area is 140 Å². The summed E-state index contributed by atoms with van der Waals surface area (Å²) in [6.45, 7) is 5.75. The van der Waals surface area contributed by atoms with Crippen LogP contribution in [0.1, 0.15) is 17.0 Å². The second-order valence-corrected chi connectivity index (χ2v) is 7.20. The first-order valence-corrected chi connectivity index (χ1v) is 8.72. The van der Waals surface area contributed by atoms with Gasteiger partial charge in [-0.15, -0.1) is 0 Å². The number of amides is 1. The van der Waals surface area contributed by atoms with E-state index >= 15 is 0 Å². The second kappa shape index (κ2) is 6.66. The highest BCUT2D eigenvalue weighted by molar-refractivity contribution is 7.89. The molecule has 0 aliphatic rings. The van der Waals surface area contributed by atoms with Crippen LogP contribution in [0, 0.1) is 26.6 Å². The van der Waals surface area contributed by atoms with E-state index in [9.17, 15) is 17.6 Å². The topological polar surface area (TPSA) is 93.1 Å². The molecule has 3 N–H and O–H groups in total. The van der Waals surface area contributed by atoms with Gasteiger partial charge in [-0.05, 0) is 30.7 Å². The van der Waals surface area contributed by atoms with Gasteiger partial charge in [0.2, 0.25) is 16.6 Å². The minimum absolute atomic E-state index is 0.0221. The highest BCUT2D eigenvalue weighted by Gasteiger charge is 2.18. The fourth-order valence-corrected chi connectivity index (χ4v) is 3.02. The van der Waals surface area contributed by atoms with E-state index in [1.165, 1.54) is 6.07 Å². The summed E-state index contributed by atoms with van der Waals surface area (Å²) in [5.74, 6) is -1.28. The second-order valence-electron chi connectivity index (χ2n) is 5.64. The summed E-state index contributed by atoms with van der Waals surface area (Å²) >= 11 is 0. The molecule has 1 amide bonds. The van der Waals surface area contributed by atoms with Crippen LogP contribution in [0.2, 0.25) is 0 Å². The average Bonchev–Trinajstić information content (AvgIpc) is 2.44. The molecule has 1 heterocycles. The minimum Gasteiger partial charge on any atom is -0.318 e. The number of halogens is 1. The third-order valence-corrected chi connectivity index (χ3v) is 4.48. The Kier molecular flexibility index (Phi) is 5.00. The van der Waals surface area contributed by atoms with E-state index in [2.05, 4.69) is 5.32 Å². The molecule has 0 aliphatic heterocycles. The average molecular weight is 352 g/mol. The fraction of sp³-hybridized carbons (Fsp3) is 0.250. The number of pyridine rings is 1. The molecule has 0 bridgehead atoms. The van der Waals surface area contributed by atoms with Crippen molar-refractivity contribution in [1.82, 2.24) is 0 Å². The molecular formula is C16H19FN3O3S+. The number of aryl methyl sites for hydroxylation is 3. The van der Waals surface area contributed by atoms with Gasteiger partial charge in [0.15, 0.2) is 11.4 Å². The summed E-state index contributed by atoms with van der Waals surface area (Å²) in [5, 5.41) is 7.38. The highest BCUT2D eigenvalue weighted by atomic mass is 32.2. The molecule has 0 atom stereocenters. The quantitative estimate of drug-likeness (QED) is 0.813. The van der Waals surface area contributed by atoms with Crippen LogP contribution < -0.4 is 15.0 Å². The number of aromatic nitrogens is 1.